The van der Waals surface area contributed by atoms with Crippen molar-refractivity contribution >= 4 is 5.65 Å². The molecule has 0 amide bonds. The fourth-order valence-electron chi connectivity index (χ4n) is 2.26. The third-order valence-corrected chi connectivity index (χ3v) is 3.32. The fraction of sp³-hybridized carbons (Fsp3) is 0.375. The van der Waals surface area contributed by atoms with Crippen molar-refractivity contribution in [3.63, 3.8) is 0 Å². The zero-order valence-electron chi connectivity index (χ0n) is 13.0. The molecular weight excluding hydrogens is 262 g/mol. The lowest BCUT2D eigenvalue weighted by atomic mass is 10.1. The number of pyridine rings is 1. The van der Waals surface area contributed by atoms with Crippen LogP contribution in [0.5, 0.6) is 0 Å². The Hall–Kier alpha value is -2.14. The van der Waals surface area contributed by atoms with E-state index in [1.165, 1.54) is 0 Å². The average Bonchev–Trinajstić information content (AvgIpc) is 2.99. The Morgan fingerprint density at radius 2 is 2.05 bits per heavy atom. The van der Waals surface area contributed by atoms with Crippen LogP contribution in [0.4, 0.5) is 0 Å². The second kappa shape index (κ2) is 5.00. The van der Waals surface area contributed by atoms with Crippen molar-refractivity contribution in [2.45, 2.75) is 39.8 Å². The highest BCUT2D eigenvalue weighted by Crippen LogP contribution is 2.17. The van der Waals surface area contributed by atoms with E-state index in [-0.39, 0.29) is 5.54 Å². The third-order valence-electron chi connectivity index (χ3n) is 3.32. The summed E-state index contributed by atoms with van der Waals surface area (Å²) in [5.41, 5.74) is 3.23. The van der Waals surface area contributed by atoms with Gasteiger partial charge in [-0.25, -0.2) is 9.67 Å². The van der Waals surface area contributed by atoms with E-state index in [1.807, 2.05) is 48.4 Å². The van der Waals surface area contributed by atoms with Gasteiger partial charge < -0.3 is 9.72 Å². The van der Waals surface area contributed by atoms with Gasteiger partial charge in [0.05, 0.1) is 11.9 Å². The summed E-state index contributed by atoms with van der Waals surface area (Å²) < 4.78 is 3.97. The zero-order chi connectivity index (χ0) is 15.0. The van der Waals surface area contributed by atoms with E-state index >= 15 is 0 Å². The quantitative estimate of drug-likeness (QED) is 0.804. The molecule has 3 heterocycles. The number of rotatable bonds is 3. The number of fused-ring (bicyclic) bond motifs is 1. The van der Waals surface area contributed by atoms with Crippen LogP contribution in [0, 0.1) is 6.92 Å². The van der Waals surface area contributed by atoms with Crippen molar-refractivity contribution < 1.29 is 0 Å². The van der Waals surface area contributed by atoms with Crippen molar-refractivity contribution in [3.05, 3.63) is 48.0 Å². The predicted molar refractivity (Wildman–Crippen MR) is 83.6 cm³/mol. The van der Waals surface area contributed by atoms with Crippen LogP contribution in [-0.4, -0.2) is 24.7 Å². The molecule has 0 aliphatic carbocycles. The molecular formula is C16H21N5. The minimum Gasteiger partial charge on any atom is -0.306 e. The lowest BCUT2D eigenvalue weighted by Gasteiger charge is -2.20. The standard InChI is InChI=1S/C16H21N5/c1-12-9-18-21(11-12)15-13(10-17-16(2,3)4)20-8-6-5-7-14(20)19-15/h5-9,11,17H,10H2,1-4H3. The van der Waals surface area contributed by atoms with Gasteiger partial charge in [0.1, 0.15) is 5.65 Å². The summed E-state index contributed by atoms with van der Waals surface area (Å²) in [5, 5.41) is 7.93. The Labute approximate surface area is 124 Å². The molecule has 3 aromatic rings. The van der Waals surface area contributed by atoms with Crippen molar-refractivity contribution in [2.24, 2.45) is 0 Å². The number of imidazole rings is 1. The van der Waals surface area contributed by atoms with Crippen LogP contribution in [0.15, 0.2) is 36.8 Å². The number of aryl methyl sites for hydroxylation is 1. The summed E-state index contributed by atoms with van der Waals surface area (Å²) in [7, 11) is 0. The minimum absolute atomic E-state index is 0.0518. The van der Waals surface area contributed by atoms with Crippen LogP contribution in [-0.2, 0) is 6.54 Å². The number of hydrogen-bond acceptors (Lipinski definition) is 3. The second-order valence-corrected chi connectivity index (χ2v) is 6.38. The Morgan fingerprint density at radius 3 is 2.71 bits per heavy atom. The van der Waals surface area contributed by atoms with E-state index < -0.39 is 0 Å². The Bertz CT molecular complexity index is 760. The van der Waals surface area contributed by atoms with Crippen molar-refractivity contribution in [1.29, 1.82) is 0 Å². The Kier molecular flexibility index (Phi) is 3.29. The first-order valence-corrected chi connectivity index (χ1v) is 7.17. The number of nitrogens with one attached hydrogen (secondary N) is 1. The lowest BCUT2D eigenvalue weighted by molar-refractivity contribution is 0.420. The highest BCUT2D eigenvalue weighted by atomic mass is 15.3. The van der Waals surface area contributed by atoms with Crippen LogP contribution in [0.25, 0.3) is 11.5 Å². The van der Waals surface area contributed by atoms with Gasteiger partial charge in [0.2, 0.25) is 0 Å². The van der Waals surface area contributed by atoms with Crippen molar-refractivity contribution in [2.75, 3.05) is 0 Å². The van der Waals surface area contributed by atoms with Crippen LogP contribution in [0.3, 0.4) is 0 Å². The number of nitrogens with zero attached hydrogens (tertiary/aromatic N) is 4. The number of aromatic nitrogens is 4. The van der Waals surface area contributed by atoms with Crippen LogP contribution >= 0.6 is 0 Å². The molecule has 5 heteroatoms. The van der Waals surface area contributed by atoms with E-state index in [9.17, 15) is 0 Å². The molecule has 0 atom stereocenters. The third kappa shape index (κ3) is 2.83. The normalized spacial score (nSPS) is 12.2. The van der Waals surface area contributed by atoms with Gasteiger partial charge >= 0.3 is 0 Å². The molecule has 0 bridgehead atoms. The summed E-state index contributed by atoms with van der Waals surface area (Å²) in [6.07, 6.45) is 5.90. The Morgan fingerprint density at radius 1 is 1.24 bits per heavy atom. The van der Waals surface area contributed by atoms with E-state index in [0.717, 1.165) is 29.3 Å². The summed E-state index contributed by atoms with van der Waals surface area (Å²) >= 11 is 0. The molecule has 0 spiro atoms. The summed E-state index contributed by atoms with van der Waals surface area (Å²) in [4.78, 5) is 4.72. The Balaban J connectivity index is 2.10. The maximum absolute atomic E-state index is 4.72. The zero-order valence-corrected chi connectivity index (χ0v) is 13.0. The van der Waals surface area contributed by atoms with Gasteiger partial charge in [-0.05, 0) is 45.4 Å². The molecule has 1 N–H and O–H groups in total. The molecule has 110 valence electrons. The van der Waals surface area contributed by atoms with Gasteiger partial charge in [0.15, 0.2) is 5.82 Å². The first-order chi connectivity index (χ1) is 9.94. The molecule has 21 heavy (non-hydrogen) atoms. The van der Waals surface area contributed by atoms with Crippen LogP contribution in [0.2, 0.25) is 0 Å². The first-order valence-electron chi connectivity index (χ1n) is 7.17. The van der Waals surface area contributed by atoms with E-state index in [0.29, 0.717) is 0 Å². The minimum atomic E-state index is 0.0518. The van der Waals surface area contributed by atoms with Crippen LogP contribution in [0.1, 0.15) is 32.0 Å². The van der Waals surface area contributed by atoms with E-state index in [4.69, 9.17) is 4.98 Å². The van der Waals surface area contributed by atoms with Gasteiger partial charge in [0, 0.05) is 24.5 Å². The molecule has 0 fully saturated rings. The molecule has 5 nitrogen and oxygen atoms in total. The van der Waals surface area contributed by atoms with E-state index in [1.54, 1.807) is 0 Å². The highest BCUT2D eigenvalue weighted by Gasteiger charge is 2.17. The lowest BCUT2D eigenvalue weighted by Crippen LogP contribution is -2.35. The van der Waals surface area contributed by atoms with Gasteiger partial charge in [-0.2, -0.15) is 5.10 Å². The van der Waals surface area contributed by atoms with Crippen LogP contribution < -0.4 is 5.32 Å². The maximum atomic E-state index is 4.72. The number of hydrogen-bond donors (Lipinski definition) is 1. The smallest absolute Gasteiger partial charge is 0.176 e. The van der Waals surface area contributed by atoms with Gasteiger partial charge in [-0.15, -0.1) is 0 Å². The summed E-state index contributed by atoms with van der Waals surface area (Å²) in [5.74, 6) is 0.881. The van der Waals surface area contributed by atoms with Crippen molar-refractivity contribution in [3.8, 4) is 5.82 Å². The molecule has 0 aliphatic heterocycles. The molecule has 0 aromatic carbocycles. The highest BCUT2D eigenvalue weighted by molar-refractivity contribution is 5.48. The predicted octanol–water partition coefficient (Wildman–Crippen LogP) is 2.72. The largest absolute Gasteiger partial charge is 0.306 e. The van der Waals surface area contributed by atoms with Gasteiger partial charge in [0.25, 0.3) is 0 Å². The monoisotopic (exact) mass is 283 g/mol. The average molecular weight is 283 g/mol. The molecule has 0 radical (unpaired) electrons. The van der Waals surface area contributed by atoms with E-state index in [2.05, 4.69) is 35.6 Å². The SMILES string of the molecule is Cc1cnn(-c2nc3ccccn3c2CNC(C)(C)C)c1. The molecule has 0 saturated carbocycles. The fourth-order valence-corrected chi connectivity index (χ4v) is 2.26. The topological polar surface area (TPSA) is 47.2 Å². The first kappa shape index (κ1) is 13.8. The molecule has 0 unspecified atom stereocenters. The molecule has 0 saturated heterocycles. The molecule has 3 rings (SSSR count). The van der Waals surface area contributed by atoms with Gasteiger partial charge in [-0.3, -0.25) is 0 Å². The van der Waals surface area contributed by atoms with Gasteiger partial charge in [-0.1, -0.05) is 6.07 Å². The second-order valence-electron chi connectivity index (χ2n) is 6.38. The molecule has 0 aliphatic rings. The summed E-state index contributed by atoms with van der Waals surface area (Å²) in [6.45, 7) is 9.26. The summed E-state index contributed by atoms with van der Waals surface area (Å²) in [6, 6.07) is 6.04. The van der Waals surface area contributed by atoms with Crippen molar-refractivity contribution in [1.82, 2.24) is 24.5 Å². The molecule has 3 aromatic heterocycles. The maximum Gasteiger partial charge on any atom is 0.176 e.